The number of hydrogen-bond donors (Lipinski definition) is 0. The van der Waals surface area contributed by atoms with E-state index >= 15 is 0 Å². The van der Waals surface area contributed by atoms with Crippen molar-refractivity contribution in [2.75, 3.05) is 32.8 Å². The first kappa shape index (κ1) is 11.3. The second-order valence-corrected chi connectivity index (χ2v) is 7.54. The molecule has 1 fully saturated rings. The number of nitrogens with zero attached hydrogens (tertiary/aromatic N) is 1. The van der Waals surface area contributed by atoms with Crippen LogP contribution in [-0.2, 0) is 8.85 Å². The van der Waals surface area contributed by atoms with Crippen molar-refractivity contribution in [3.63, 3.8) is 0 Å². The van der Waals surface area contributed by atoms with Crippen molar-refractivity contribution in [3.05, 3.63) is 12.2 Å². The zero-order valence-corrected chi connectivity index (χ0v) is 10.6. The standard InChI is InChI=1S/C11H21NO2Si/c1-2-5-12-6-8-13-15(14-9-7-12)10-3-4-11-15/h3-4H,2,5-11H2,1H3. The van der Waals surface area contributed by atoms with E-state index in [2.05, 4.69) is 24.0 Å². The van der Waals surface area contributed by atoms with Crippen molar-refractivity contribution in [1.82, 2.24) is 4.90 Å². The summed E-state index contributed by atoms with van der Waals surface area (Å²) in [7, 11) is -1.79. The highest BCUT2D eigenvalue weighted by molar-refractivity contribution is 6.69. The Labute approximate surface area is 93.3 Å². The first-order valence-electron chi connectivity index (χ1n) is 6.00. The van der Waals surface area contributed by atoms with Crippen LogP contribution in [0.15, 0.2) is 12.2 Å². The maximum Gasteiger partial charge on any atom is 0.346 e. The lowest BCUT2D eigenvalue weighted by molar-refractivity contribution is 0.0968. The third-order valence-corrected chi connectivity index (χ3v) is 6.29. The lowest BCUT2D eigenvalue weighted by Crippen LogP contribution is -2.46. The summed E-state index contributed by atoms with van der Waals surface area (Å²) in [6, 6.07) is 2.11. The predicted molar refractivity (Wildman–Crippen MR) is 63.1 cm³/mol. The van der Waals surface area contributed by atoms with Crippen LogP contribution in [0.5, 0.6) is 0 Å². The molecule has 0 aromatic carbocycles. The van der Waals surface area contributed by atoms with E-state index in [0.29, 0.717) is 0 Å². The number of allylic oxidation sites excluding steroid dienone is 2. The molecule has 1 saturated heterocycles. The molecular weight excluding hydrogens is 206 g/mol. The second kappa shape index (κ2) is 5.25. The van der Waals surface area contributed by atoms with Gasteiger partial charge in [0.05, 0.1) is 0 Å². The average Bonchev–Trinajstić information content (AvgIpc) is 2.64. The summed E-state index contributed by atoms with van der Waals surface area (Å²) in [5.41, 5.74) is 0. The molecule has 15 heavy (non-hydrogen) atoms. The first-order chi connectivity index (χ1) is 7.35. The van der Waals surface area contributed by atoms with Crippen molar-refractivity contribution in [3.8, 4) is 0 Å². The lowest BCUT2D eigenvalue weighted by Gasteiger charge is -2.33. The molecule has 86 valence electrons. The van der Waals surface area contributed by atoms with Gasteiger partial charge in [-0.2, -0.15) is 0 Å². The largest absolute Gasteiger partial charge is 0.393 e. The summed E-state index contributed by atoms with van der Waals surface area (Å²) in [6.45, 7) is 7.25. The van der Waals surface area contributed by atoms with Gasteiger partial charge >= 0.3 is 8.56 Å². The molecule has 0 aromatic heterocycles. The van der Waals surface area contributed by atoms with Gasteiger partial charge in [-0.05, 0) is 13.0 Å². The maximum absolute atomic E-state index is 6.02. The molecule has 0 unspecified atom stereocenters. The van der Waals surface area contributed by atoms with Crippen molar-refractivity contribution >= 4 is 8.56 Å². The topological polar surface area (TPSA) is 21.7 Å². The third kappa shape index (κ3) is 2.90. The van der Waals surface area contributed by atoms with E-state index in [9.17, 15) is 0 Å². The molecule has 0 saturated carbocycles. The monoisotopic (exact) mass is 227 g/mol. The van der Waals surface area contributed by atoms with Crippen molar-refractivity contribution in [2.45, 2.75) is 25.4 Å². The summed E-state index contributed by atoms with van der Waals surface area (Å²) in [5, 5.41) is 0. The SMILES string of the molecule is CCCN1CCO[Si]2(CC=CC2)OCC1. The van der Waals surface area contributed by atoms with Crippen LogP contribution in [-0.4, -0.2) is 46.3 Å². The Bertz CT molecular complexity index is 213. The van der Waals surface area contributed by atoms with E-state index in [1.165, 1.54) is 13.0 Å². The highest BCUT2D eigenvalue weighted by Crippen LogP contribution is 2.27. The van der Waals surface area contributed by atoms with Gasteiger partial charge in [0.25, 0.3) is 0 Å². The van der Waals surface area contributed by atoms with Crippen molar-refractivity contribution in [1.29, 1.82) is 0 Å². The highest BCUT2D eigenvalue weighted by atomic mass is 28.4. The fourth-order valence-electron chi connectivity index (χ4n) is 2.26. The Morgan fingerprint density at radius 2 is 1.73 bits per heavy atom. The summed E-state index contributed by atoms with van der Waals surface area (Å²) >= 11 is 0. The molecule has 2 aliphatic heterocycles. The van der Waals surface area contributed by atoms with Gasteiger partial charge < -0.3 is 8.85 Å². The van der Waals surface area contributed by atoms with Crippen LogP contribution in [0.25, 0.3) is 0 Å². The van der Waals surface area contributed by atoms with E-state index in [1.807, 2.05) is 0 Å². The molecule has 2 heterocycles. The molecule has 4 heteroatoms. The quantitative estimate of drug-likeness (QED) is 0.530. The highest BCUT2D eigenvalue weighted by Gasteiger charge is 2.39. The Hall–Kier alpha value is -0.163. The van der Waals surface area contributed by atoms with Crippen LogP contribution >= 0.6 is 0 Å². The Kier molecular flexibility index (Phi) is 3.97. The van der Waals surface area contributed by atoms with Crippen LogP contribution in [0.4, 0.5) is 0 Å². The van der Waals surface area contributed by atoms with Gasteiger partial charge in [0.15, 0.2) is 0 Å². The van der Waals surface area contributed by atoms with E-state index in [4.69, 9.17) is 8.85 Å². The van der Waals surface area contributed by atoms with Gasteiger partial charge in [-0.15, -0.1) is 0 Å². The molecule has 1 spiro atoms. The van der Waals surface area contributed by atoms with Gasteiger partial charge in [-0.3, -0.25) is 4.90 Å². The van der Waals surface area contributed by atoms with Crippen LogP contribution in [0.2, 0.25) is 12.1 Å². The molecule has 0 aliphatic carbocycles. The van der Waals surface area contributed by atoms with E-state index in [-0.39, 0.29) is 0 Å². The smallest absolute Gasteiger partial charge is 0.346 e. The van der Waals surface area contributed by atoms with Crippen molar-refractivity contribution in [2.24, 2.45) is 0 Å². The van der Waals surface area contributed by atoms with E-state index in [0.717, 1.165) is 38.4 Å². The second-order valence-electron chi connectivity index (χ2n) is 4.33. The lowest BCUT2D eigenvalue weighted by atomic mass is 10.4. The molecule has 0 N–H and O–H groups in total. The molecular formula is C11H21NO2Si. The first-order valence-corrected chi connectivity index (χ1v) is 8.23. The summed E-state index contributed by atoms with van der Waals surface area (Å²) in [4.78, 5) is 2.43. The van der Waals surface area contributed by atoms with Gasteiger partial charge in [-0.1, -0.05) is 19.1 Å². The van der Waals surface area contributed by atoms with Crippen LogP contribution in [0.1, 0.15) is 13.3 Å². The van der Waals surface area contributed by atoms with Crippen LogP contribution < -0.4 is 0 Å². The Balaban J connectivity index is 1.82. The zero-order valence-electron chi connectivity index (χ0n) is 9.58. The number of hydrogen-bond acceptors (Lipinski definition) is 3. The molecule has 0 atom stereocenters. The molecule has 0 aromatic rings. The maximum atomic E-state index is 6.02. The summed E-state index contributed by atoms with van der Waals surface area (Å²) < 4.78 is 12.0. The minimum Gasteiger partial charge on any atom is -0.393 e. The average molecular weight is 227 g/mol. The third-order valence-electron chi connectivity index (χ3n) is 3.11. The fraction of sp³-hybridized carbons (Fsp3) is 0.818. The number of rotatable bonds is 2. The minimum atomic E-state index is -1.79. The van der Waals surface area contributed by atoms with Crippen LogP contribution in [0.3, 0.4) is 0 Å². The molecule has 0 bridgehead atoms. The van der Waals surface area contributed by atoms with E-state index in [1.54, 1.807) is 0 Å². The van der Waals surface area contributed by atoms with Gasteiger partial charge in [-0.25, -0.2) is 0 Å². The molecule has 0 amide bonds. The Morgan fingerprint density at radius 3 is 2.27 bits per heavy atom. The molecule has 2 aliphatic rings. The summed E-state index contributed by atoms with van der Waals surface area (Å²) in [5.74, 6) is 0. The zero-order chi connectivity index (χ0) is 10.6. The minimum absolute atomic E-state index is 0.855. The normalized spacial score (nSPS) is 26.7. The van der Waals surface area contributed by atoms with E-state index < -0.39 is 8.56 Å². The fourth-order valence-corrected chi connectivity index (χ4v) is 4.96. The predicted octanol–water partition coefficient (Wildman–Crippen LogP) is 1.76. The summed E-state index contributed by atoms with van der Waals surface area (Å²) in [6.07, 6.45) is 5.65. The molecule has 0 radical (unpaired) electrons. The Morgan fingerprint density at radius 1 is 1.13 bits per heavy atom. The molecule has 3 nitrogen and oxygen atoms in total. The molecule has 2 rings (SSSR count). The van der Waals surface area contributed by atoms with Crippen LogP contribution in [0, 0.1) is 0 Å². The van der Waals surface area contributed by atoms with Gasteiger partial charge in [0, 0.05) is 38.4 Å². The van der Waals surface area contributed by atoms with Gasteiger partial charge in [0.1, 0.15) is 0 Å². The van der Waals surface area contributed by atoms with Crippen molar-refractivity contribution < 1.29 is 8.85 Å². The van der Waals surface area contributed by atoms with Gasteiger partial charge in [0.2, 0.25) is 0 Å².